The molecule has 0 spiro atoms. The first-order valence-corrected chi connectivity index (χ1v) is 8.92. The number of anilines is 2. The first-order valence-electron chi connectivity index (χ1n) is 8.17. The molecule has 0 fully saturated rings. The average Bonchev–Trinajstić information content (AvgIpc) is 2.58. The lowest BCUT2D eigenvalue weighted by Crippen LogP contribution is -2.36. The van der Waals surface area contributed by atoms with Crippen LogP contribution in [0.1, 0.15) is 5.56 Å². The minimum atomic E-state index is -0.326. The Morgan fingerprint density at radius 3 is 2.22 bits per heavy atom. The Morgan fingerprint density at radius 1 is 1.04 bits per heavy atom. The number of nitrogens with zero attached hydrogens (tertiary/aromatic N) is 1. The number of halogens is 2. The molecule has 0 unspecified atom stereocenters. The van der Waals surface area contributed by atoms with Crippen LogP contribution in [0.15, 0.2) is 36.4 Å². The fourth-order valence-corrected chi connectivity index (χ4v) is 2.94. The Morgan fingerprint density at radius 2 is 1.63 bits per heavy atom. The molecule has 0 atom stereocenters. The minimum absolute atomic E-state index is 0.0000750. The predicted molar refractivity (Wildman–Crippen MR) is 109 cm³/mol. The molecule has 0 heterocycles. The molecular formula is C19H21Cl2N3O3. The van der Waals surface area contributed by atoms with Gasteiger partial charge in [0, 0.05) is 0 Å². The quantitative estimate of drug-likeness (QED) is 0.728. The number of carbonyl (C=O) groups excluding carboxylic acids is 2. The van der Waals surface area contributed by atoms with E-state index in [2.05, 4.69) is 10.6 Å². The van der Waals surface area contributed by atoms with Gasteiger partial charge in [-0.3, -0.25) is 14.5 Å². The van der Waals surface area contributed by atoms with Gasteiger partial charge in [-0.15, -0.1) is 0 Å². The molecule has 2 aromatic rings. The Hall–Kier alpha value is -2.28. The van der Waals surface area contributed by atoms with Crippen LogP contribution in [-0.4, -0.2) is 44.0 Å². The summed E-state index contributed by atoms with van der Waals surface area (Å²) in [5.41, 5.74) is 1.94. The molecule has 2 amide bonds. The smallest absolute Gasteiger partial charge is 0.238 e. The molecule has 2 N–H and O–H groups in total. The van der Waals surface area contributed by atoms with Crippen LogP contribution in [0.25, 0.3) is 0 Å². The maximum absolute atomic E-state index is 12.3. The van der Waals surface area contributed by atoms with Crippen molar-refractivity contribution in [3.8, 4) is 5.75 Å². The minimum Gasteiger partial charge on any atom is -0.495 e. The van der Waals surface area contributed by atoms with E-state index in [9.17, 15) is 9.59 Å². The van der Waals surface area contributed by atoms with Crippen molar-refractivity contribution in [2.24, 2.45) is 0 Å². The molecule has 0 radical (unpaired) electrons. The fourth-order valence-electron chi connectivity index (χ4n) is 2.45. The van der Waals surface area contributed by atoms with Crippen molar-refractivity contribution in [3.05, 3.63) is 52.0 Å². The molecule has 0 aliphatic carbocycles. The summed E-state index contributed by atoms with van der Waals surface area (Å²) in [6.45, 7) is 1.95. The lowest BCUT2D eigenvalue weighted by atomic mass is 10.2. The van der Waals surface area contributed by atoms with Crippen LogP contribution >= 0.6 is 23.2 Å². The van der Waals surface area contributed by atoms with E-state index in [1.807, 2.05) is 19.1 Å². The topological polar surface area (TPSA) is 70.7 Å². The van der Waals surface area contributed by atoms with Gasteiger partial charge < -0.3 is 15.4 Å². The van der Waals surface area contributed by atoms with Crippen molar-refractivity contribution in [2.75, 3.05) is 37.9 Å². The second-order valence-corrected chi connectivity index (χ2v) is 6.88. The summed E-state index contributed by atoms with van der Waals surface area (Å²) in [5.74, 6) is -0.0129. The Balaban J connectivity index is 1.91. The van der Waals surface area contributed by atoms with Crippen LogP contribution in [0.3, 0.4) is 0 Å². The summed E-state index contributed by atoms with van der Waals surface area (Å²) in [4.78, 5) is 26.0. The highest BCUT2D eigenvalue weighted by molar-refractivity contribution is 6.39. The van der Waals surface area contributed by atoms with Gasteiger partial charge in [-0.1, -0.05) is 35.3 Å². The lowest BCUT2D eigenvalue weighted by molar-refractivity contribution is -0.119. The number of nitrogens with one attached hydrogen (secondary N) is 2. The molecule has 144 valence electrons. The van der Waals surface area contributed by atoms with Crippen LogP contribution in [0.4, 0.5) is 11.4 Å². The SMILES string of the molecule is COc1ccc(C)cc1NC(=O)CN(C)CC(=O)Nc1c(Cl)cccc1Cl. The average molecular weight is 410 g/mol. The molecule has 0 aliphatic rings. The van der Waals surface area contributed by atoms with Gasteiger partial charge in [-0.2, -0.15) is 0 Å². The van der Waals surface area contributed by atoms with Gasteiger partial charge >= 0.3 is 0 Å². The molecule has 0 saturated carbocycles. The van der Waals surface area contributed by atoms with E-state index in [0.29, 0.717) is 27.2 Å². The van der Waals surface area contributed by atoms with Gasteiger partial charge in [-0.05, 0) is 43.8 Å². The van der Waals surface area contributed by atoms with E-state index in [-0.39, 0.29) is 24.9 Å². The summed E-state index contributed by atoms with van der Waals surface area (Å²) < 4.78 is 5.24. The summed E-state index contributed by atoms with van der Waals surface area (Å²) in [5, 5.41) is 6.16. The van der Waals surface area contributed by atoms with Gasteiger partial charge in [0.15, 0.2) is 0 Å². The van der Waals surface area contributed by atoms with E-state index in [4.69, 9.17) is 27.9 Å². The van der Waals surface area contributed by atoms with E-state index < -0.39 is 0 Å². The number of aryl methyl sites for hydroxylation is 1. The normalized spacial score (nSPS) is 10.6. The van der Waals surface area contributed by atoms with Crippen molar-refractivity contribution < 1.29 is 14.3 Å². The third-order valence-electron chi connectivity index (χ3n) is 3.68. The summed E-state index contributed by atoms with van der Waals surface area (Å²) in [7, 11) is 3.21. The fraction of sp³-hybridized carbons (Fsp3) is 0.263. The molecule has 0 bridgehead atoms. The van der Waals surface area contributed by atoms with E-state index in [1.54, 1.807) is 36.2 Å². The summed E-state index contributed by atoms with van der Waals surface area (Å²) >= 11 is 12.1. The van der Waals surface area contributed by atoms with Crippen molar-refractivity contribution in [3.63, 3.8) is 0 Å². The zero-order valence-electron chi connectivity index (χ0n) is 15.3. The predicted octanol–water partition coefficient (Wildman–Crippen LogP) is 3.82. The van der Waals surface area contributed by atoms with Gasteiger partial charge in [0.1, 0.15) is 5.75 Å². The number of carbonyl (C=O) groups is 2. The van der Waals surface area contributed by atoms with Crippen LogP contribution in [0, 0.1) is 6.92 Å². The number of likely N-dealkylation sites (N-methyl/N-ethyl adjacent to an activating group) is 1. The van der Waals surface area contributed by atoms with Crippen molar-refractivity contribution >= 4 is 46.4 Å². The van der Waals surface area contributed by atoms with Crippen molar-refractivity contribution in [1.29, 1.82) is 0 Å². The van der Waals surface area contributed by atoms with E-state index in [0.717, 1.165) is 5.56 Å². The third-order valence-corrected chi connectivity index (χ3v) is 4.31. The molecule has 27 heavy (non-hydrogen) atoms. The number of hydrogen-bond donors (Lipinski definition) is 2. The number of methoxy groups -OCH3 is 1. The first-order chi connectivity index (χ1) is 12.8. The zero-order valence-corrected chi connectivity index (χ0v) is 16.8. The van der Waals surface area contributed by atoms with Crippen molar-refractivity contribution in [2.45, 2.75) is 6.92 Å². The molecule has 8 heteroatoms. The first kappa shape index (κ1) is 21.0. The van der Waals surface area contributed by atoms with Crippen LogP contribution in [-0.2, 0) is 9.59 Å². The van der Waals surface area contributed by atoms with Crippen LogP contribution < -0.4 is 15.4 Å². The Bertz CT molecular complexity index is 823. The molecular weight excluding hydrogens is 389 g/mol. The Labute approximate surface area is 168 Å². The summed E-state index contributed by atoms with van der Waals surface area (Å²) in [6.07, 6.45) is 0. The highest BCUT2D eigenvalue weighted by atomic mass is 35.5. The second kappa shape index (κ2) is 9.60. The van der Waals surface area contributed by atoms with E-state index in [1.165, 1.54) is 7.11 Å². The van der Waals surface area contributed by atoms with Crippen LogP contribution in [0.5, 0.6) is 5.75 Å². The number of amides is 2. The number of hydrogen-bond acceptors (Lipinski definition) is 4. The molecule has 2 aromatic carbocycles. The Kier molecular flexibility index (Phi) is 7.47. The highest BCUT2D eigenvalue weighted by Crippen LogP contribution is 2.29. The number of benzene rings is 2. The maximum atomic E-state index is 12.3. The maximum Gasteiger partial charge on any atom is 0.238 e. The molecule has 0 aliphatic heterocycles. The molecule has 0 saturated heterocycles. The third kappa shape index (κ3) is 6.13. The second-order valence-electron chi connectivity index (χ2n) is 6.07. The lowest BCUT2D eigenvalue weighted by Gasteiger charge is -2.17. The standard InChI is InChI=1S/C19H21Cl2N3O3/c1-12-7-8-16(27-3)15(9-12)22-17(25)10-24(2)11-18(26)23-19-13(20)5-4-6-14(19)21/h4-9H,10-11H2,1-3H3,(H,22,25)(H,23,26). The van der Waals surface area contributed by atoms with Gasteiger partial charge in [0.2, 0.25) is 11.8 Å². The molecule has 2 rings (SSSR count). The van der Waals surface area contributed by atoms with Crippen LogP contribution in [0.2, 0.25) is 10.0 Å². The summed E-state index contributed by atoms with van der Waals surface area (Å²) in [6, 6.07) is 10.5. The van der Waals surface area contributed by atoms with E-state index >= 15 is 0 Å². The monoisotopic (exact) mass is 409 g/mol. The molecule has 6 nitrogen and oxygen atoms in total. The number of para-hydroxylation sites is 1. The van der Waals surface area contributed by atoms with Gasteiger partial charge in [0.25, 0.3) is 0 Å². The number of ether oxygens (including phenoxy) is 1. The zero-order chi connectivity index (χ0) is 20.0. The molecule has 0 aromatic heterocycles. The largest absolute Gasteiger partial charge is 0.495 e. The van der Waals surface area contributed by atoms with Gasteiger partial charge in [0.05, 0.1) is 41.6 Å². The highest BCUT2D eigenvalue weighted by Gasteiger charge is 2.15. The van der Waals surface area contributed by atoms with Gasteiger partial charge in [-0.25, -0.2) is 0 Å². The van der Waals surface area contributed by atoms with Crippen molar-refractivity contribution in [1.82, 2.24) is 4.90 Å². The number of rotatable bonds is 7.